The van der Waals surface area contributed by atoms with Crippen molar-refractivity contribution in [2.45, 2.75) is 51.9 Å². The van der Waals surface area contributed by atoms with E-state index in [4.69, 9.17) is 4.84 Å². The summed E-state index contributed by atoms with van der Waals surface area (Å²) in [4.78, 5) is 49.8. The van der Waals surface area contributed by atoms with E-state index in [0.29, 0.717) is 17.9 Å². The molecule has 0 radical (unpaired) electrons. The summed E-state index contributed by atoms with van der Waals surface area (Å²) in [5, 5.41) is 3.49. The lowest BCUT2D eigenvalue weighted by atomic mass is 10.1. The van der Waals surface area contributed by atoms with Gasteiger partial charge in [-0.2, -0.15) is 0 Å². The molecule has 0 atom stereocenters. The van der Waals surface area contributed by atoms with Crippen LogP contribution in [0.1, 0.15) is 51.9 Å². The maximum Gasteiger partial charge on any atom is 0.336 e. The molecule has 1 heterocycles. The molecule has 3 rings (SSSR count). The summed E-state index contributed by atoms with van der Waals surface area (Å²) in [5.41, 5.74) is 0. The monoisotopic (exact) mass is 362 g/mol. The van der Waals surface area contributed by atoms with Gasteiger partial charge in [-0.25, -0.2) is 4.79 Å². The van der Waals surface area contributed by atoms with Crippen molar-refractivity contribution in [3.05, 3.63) is 24.3 Å². The van der Waals surface area contributed by atoms with E-state index < -0.39 is 17.8 Å². The zero-order chi connectivity index (χ0) is 18.9. The Morgan fingerprint density at radius 1 is 1.00 bits per heavy atom. The van der Waals surface area contributed by atoms with Gasteiger partial charge in [0, 0.05) is 25.3 Å². The van der Waals surface area contributed by atoms with Gasteiger partial charge in [0.1, 0.15) is 0 Å². The number of hydrogen-bond donors (Lipinski definition) is 1. The van der Waals surface area contributed by atoms with Crippen molar-refractivity contribution in [3.8, 4) is 0 Å². The van der Waals surface area contributed by atoms with Gasteiger partial charge in [0.05, 0.1) is 5.92 Å². The molecular formula is C19H26N2O5. The van der Waals surface area contributed by atoms with Crippen LogP contribution in [-0.2, 0) is 24.0 Å². The third kappa shape index (κ3) is 5.54. The van der Waals surface area contributed by atoms with Crippen LogP contribution in [0.2, 0.25) is 0 Å². The first-order valence-electron chi connectivity index (χ1n) is 9.18. The molecule has 26 heavy (non-hydrogen) atoms. The lowest BCUT2D eigenvalue weighted by Gasteiger charge is -2.15. The van der Waals surface area contributed by atoms with Gasteiger partial charge >= 0.3 is 5.97 Å². The highest BCUT2D eigenvalue weighted by Gasteiger charge is 2.34. The van der Waals surface area contributed by atoms with Gasteiger partial charge in [-0.1, -0.05) is 31.2 Å². The molecule has 1 N–H and O–H groups in total. The molecule has 7 heteroatoms. The van der Waals surface area contributed by atoms with E-state index in [0.717, 1.165) is 25.8 Å². The third-order valence-electron chi connectivity index (χ3n) is 4.46. The van der Waals surface area contributed by atoms with Gasteiger partial charge in [-0.05, 0) is 32.1 Å². The van der Waals surface area contributed by atoms with E-state index in [1.807, 2.05) is 12.2 Å². The van der Waals surface area contributed by atoms with Gasteiger partial charge in [-0.15, -0.1) is 5.06 Å². The first-order chi connectivity index (χ1) is 12.5. The molecule has 3 amide bonds. The van der Waals surface area contributed by atoms with E-state index in [1.165, 1.54) is 0 Å². The fraction of sp³-hybridized carbons (Fsp3) is 0.579. The molecule has 0 aromatic heterocycles. The second-order valence-electron chi connectivity index (χ2n) is 6.56. The van der Waals surface area contributed by atoms with E-state index >= 15 is 0 Å². The smallest absolute Gasteiger partial charge is 0.336 e. The molecule has 0 saturated carbocycles. The minimum atomic E-state index is -0.497. The fourth-order valence-electron chi connectivity index (χ4n) is 2.86. The number of imide groups is 1. The average molecular weight is 362 g/mol. The average Bonchev–Trinajstić information content (AvgIpc) is 3.39. The van der Waals surface area contributed by atoms with Crippen molar-refractivity contribution in [1.82, 2.24) is 10.4 Å². The van der Waals surface area contributed by atoms with Crippen LogP contribution in [0, 0.1) is 11.8 Å². The van der Waals surface area contributed by atoms with Crippen molar-refractivity contribution in [2.24, 2.45) is 11.8 Å². The van der Waals surface area contributed by atoms with Crippen LogP contribution in [0.15, 0.2) is 24.3 Å². The number of allylic oxidation sites excluding steroid dienone is 4. The second kappa shape index (κ2) is 9.89. The molecule has 0 unspecified atom stereocenters. The van der Waals surface area contributed by atoms with E-state index in [1.54, 1.807) is 0 Å². The Morgan fingerprint density at radius 3 is 2.00 bits per heavy atom. The zero-order valence-corrected chi connectivity index (χ0v) is 15.1. The molecule has 7 nitrogen and oxygen atoms in total. The molecule has 0 spiro atoms. The van der Waals surface area contributed by atoms with Crippen molar-refractivity contribution >= 4 is 23.7 Å². The first kappa shape index (κ1) is 19.9. The summed E-state index contributed by atoms with van der Waals surface area (Å²) in [6.45, 7) is 2.88. The minimum absolute atomic E-state index is 0.134. The molecule has 0 aromatic rings. The Labute approximate surface area is 153 Å². The second-order valence-corrected chi connectivity index (χ2v) is 6.56. The van der Waals surface area contributed by atoms with Gasteiger partial charge in [0.15, 0.2) is 0 Å². The number of nitrogens with zero attached hydrogens (tertiary/aromatic N) is 1. The highest BCUT2D eigenvalue weighted by Crippen LogP contribution is 2.21. The van der Waals surface area contributed by atoms with Gasteiger partial charge in [0.2, 0.25) is 5.91 Å². The number of hydrogen-bond acceptors (Lipinski definition) is 5. The Kier molecular flexibility index (Phi) is 7.56. The maximum absolute atomic E-state index is 11.5. The number of rotatable bonds is 5. The first-order valence-corrected chi connectivity index (χ1v) is 9.18. The normalized spacial score (nSPS) is 19.7. The molecular weight excluding hydrogens is 336 g/mol. The quantitative estimate of drug-likeness (QED) is 0.597. The van der Waals surface area contributed by atoms with Crippen molar-refractivity contribution in [2.75, 3.05) is 6.54 Å². The van der Waals surface area contributed by atoms with Gasteiger partial charge < -0.3 is 10.2 Å². The van der Waals surface area contributed by atoms with E-state index in [-0.39, 0.29) is 30.6 Å². The molecule has 1 fully saturated rings. The number of carbonyl (C=O) groups is 4. The van der Waals surface area contributed by atoms with Crippen LogP contribution in [0.3, 0.4) is 0 Å². The van der Waals surface area contributed by atoms with Crippen molar-refractivity contribution < 1.29 is 24.0 Å². The number of nitrogens with one attached hydrogen (secondary N) is 1. The van der Waals surface area contributed by atoms with E-state index in [9.17, 15) is 19.2 Å². The third-order valence-corrected chi connectivity index (χ3v) is 4.46. The van der Waals surface area contributed by atoms with Gasteiger partial charge in [0.25, 0.3) is 11.8 Å². The molecule has 2 aliphatic carbocycles. The summed E-state index contributed by atoms with van der Waals surface area (Å²) < 4.78 is 0. The van der Waals surface area contributed by atoms with Crippen LogP contribution >= 0.6 is 0 Å². The predicted octanol–water partition coefficient (Wildman–Crippen LogP) is 2.04. The summed E-state index contributed by atoms with van der Waals surface area (Å²) in [7, 11) is 0. The SMILES string of the molecule is CCCNC(=O)C1CC=CC1.O=C(ON1C(=O)CCC1=O)C1CC=CC1. The Bertz CT molecular complexity index is 579. The summed E-state index contributed by atoms with van der Waals surface area (Å²) >= 11 is 0. The van der Waals surface area contributed by atoms with Crippen LogP contribution in [0.4, 0.5) is 0 Å². The highest BCUT2D eigenvalue weighted by molar-refractivity contribution is 6.01. The molecule has 3 aliphatic rings. The lowest BCUT2D eigenvalue weighted by molar-refractivity contribution is -0.200. The summed E-state index contributed by atoms with van der Waals surface area (Å²) in [6, 6.07) is 0. The Hall–Kier alpha value is -2.44. The van der Waals surface area contributed by atoms with Crippen LogP contribution < -0.4 is 5.32 Å². The molecule has 0 aromatic carbocycles. The van der Waals surface area contributed by atoms with Crippen LogP contribution in [-0.4, -0.2) is 35.3 Å². The largest absolute Gasteiger partial charge is 0.356 e. The van der Waals surface area contributed by atoms with Crippen LogP contribution in [0.5, 0.6) is 0 Å². The number of carbonyl (C=O) groups excluding carboxylic acids is 4. The zero-order valence-electron chi connectivity index (χ0n) is 15.1. The molecule has 1 saturated heterocycles. The summed E-state index contributed by atoms with van der Waals surface area (Å²) in [6.07, 6.45) is 12.3. The standard InChI is InChI=1S/C10H11NO4.C9H15NO/c12-8-5-6-9(13)11(8)15-10(14)7-3-1-2-4-7;1-2-7-10-9(11)8-5-3-4-6-8/h1-2,7H,3-6H2;3-4,8H,2,5-7H2,1H3,(H,10,11). The maximum atomic E-state index is 11.5. The predicted molar refractivity (Wildman–Crippen MR) is 94.2 cm³/mol. The number of amides is 3. The number of hydroxylamine groups is 2. The Morgan fingerprint density at radius 2 is 1.50 bits per heavy atom. The van der Waals surface area contributed by atoms with Gasteiger partial charge in [-0.3, -0.25) is 14.4 Å². The molecule has 1 aliphatic heterocycles. The molecule has 0 bridgehead atoms. The lowest BCUT2D eigenvalue weighted by Crippen LogP contribution is -2.34. The van der Waals surface area contributed by atoms with E-state index in [2.05, 4.69) is 24.4 Å². The van der Waals surface area contributed by atoms with Crippen molar-refractivity contribution in [1.29, 1.82) is 0 Å². The minimum Gasteiger partial charge on any atom is -0.356 e. The van der Waals surface area contributed by atoms with Crippen molar-refractivity contribution in [3.63, 3.8) is 0 Å². The fourth-order valence-corrected chi connectivity index (χ4v) is 2.86. The highest BCUT2D eigenvalue weighted by atomic mass is 16.7. The topological polar surface area (TPSA) is 92.8 Å². The Balaban J connectivity index is 0.000000197. The van der Waals surface area contributed by atoms with Crippen LogP contribution in [0.25, 0.3) is 0 Å². The summed E-state index contributed by atoms with van der Waals surface area (Å²) in [5.74, 6) is -1.16. The molecule has 142 valence electrons.